The van der Waals surface area contributed by atoms with Gasteiger partial charge in [0.1, 0.15) is 5.52 Å². The van der Waals surface area contributed by atoms with Crippen LogP contribution in [0.1, 0.15) is 0 Å². The van der Waals surface area contributed by atoms with Crippen LogP contribution in [0.15, 0.2) is 22.6 Å². The Balaban J connectivity index is 2.09. The summed E-state index contributed by atoms with van der Waals surface area (Å²) in [5.41, 5.74) is 6.80. The second-order valence-electron chi connectivity index (χ2n) is 3.68. The van der Waals surface area contributed by atoms with Crippen LogP contribution in [0, 0.1) is 0 Å². The van der Waals surface area contributed by atoms with Crippen molar-refractivity contribution >= 4 is 22.8 Å². The van der Waals surface area contributed by atoms with E-state index in [1.165, 1.54) is 6.07 Å². The molecule has 1 heterocycles. The summed E-state index contributed by atoms with van der Waals surface area (Å²) in [6.45, 7) is -0.730. The number of nitrogen functional groups attached to an aromatic ring is 1. The zero-order valence-electron chi connectivity index (χ0n) is 9.03. The fourth-order valence-corrected chi connectivity index (χ4v) is 1.32. The second kappa shape index (κ2) is 4.37. The van der Waals surface area contributed by atoms with Crippen molar-refractivity contribution in [3.05, 3.63) is 18.2 Å². The molecule has 0 aliphatic heterocycles. The fraction of sp³-hybridized carbons (Fsp3) is 0.300. The number of nitrogens with two attached hydrogens (primary N) is 1. The van der Waals surface area contributed by atoms with Crippen molar-refractivity contribution in [1.29, 1.82) is 0 Å². The van der Waals surface area contributed by atoms with Crippen molar-refractivity contribution in [2.45, 2.75) is 12.3 Å². The molecule has 18 heavy (non-hydrogen) atoms. The van der Waals surface area contributed by atoms with Gasteiger partial charge in [0.15, 0.2) is 11.7 Å². The summed E-state index contributed by atoms with van der Waals surface area (Å²) >= 11 is 0. The zero-order valence-corrected chi connectivity index (χ0v) is 9.03. The molecule has 8 heteroatoms. The smallest absolute Gasteiger partial charge is 0.416 e. The Morgan fingerprint density at radius 1 is 1.44 bits per heavy atom. The molecule has 1 atom stereocenters. The molecule has 0 saturated heterocycles. The van der Waals surface area contributed by atoms with Crippen molar-refractivity contribution in [3.63, 3.8) is 0 Å². The molecule has 98 valence electrons. The molecule has 0 fully saturated rings. The number of hydrogen-bond acceptors (Lipinski definition) is 5. The molecule has 2 aromatic rings. The van der Waals surface area contributed by atoms with Crippen LogP contribution < -0.4 is 11.1 Å². The highest BCUT2D eigenvalue weighted by Gasteiger charge is 2.38. The van der Waals surface area contributed by atoms with Gasteiger partial charge in [0, 0.05) is 11.8 Å². The topological polar surface area (TPSA) is 84.3 Å². The maximum Gasteiger partial charge on any atom is 0.416 e. The third-order valence-electron chi connectivity index (χ3n) is 2.24. The fourth-order valence-electron chi connectivity index (χ4n) is 1.32. The number of benzene rings is 1. The normalized spacial score (nSPS) is 13.8. The molecule has 0 aliphatic rings. The lowest BCUT2D eigenvalue weighted by atomic mass is 10.3. The third kappa shape index (κ3) is 2.65. The van der Waals surface area contributed by atoms with Gasteiger partial charge in [0.25, 0.3) is 6.01 Å². The molecule has 0 aliphatic carbocycles. The maximum absolute atomic E-state index is 12.1. The number of hydrogen-bond donors (Lipinski definition) is 3. The van der Waals surface area contributed by atoms with E-state index in [-0.39, 0.29) is 6.01 Å². The molecule has 1 unspecified atom stereocenters. The highest BCUT2D eigenvalue weighted by molar-refractivity contribution is 5.78. The van der Waals surface area contributed by atoms with Gasteiger partial charge in [-0.15, -0.1) is 0 Å². The van der Waals surface area contributed by atoms with Crippen LogP contribution in [0.4, 0.5) is 24.9 Å². The Bertz CT molecular complexity index is 553. The van der Waals surface area contributed by atoms with Crippen molar-refractivity contribution in [3.8, 4) is 0 Å². The van der Waals surface area contributed by atoms with Crippen LogP contribution in [0.3, 0.4) is 0 Å². The van der Waals surface area contributed by atoms with Crippen molar-refractivity contribution in [2.75, 3.05) is 17.6 Å². The largest absolute Gasteiger partial charge is 0.423 e. The number of aliphatic hydroxyl groups excluding tert-OH is 1. The van der Waals surface area contributed by atoms with Gasteiger partial charge in [0.05, 0.1) is 6.54 Å². The van der Waals surface area contributed by atoms with Gasteiger partial charge in [-0.2, -0.15) is 18.2 Å². The molecule has 0 radical (unpaired) electrons. The molecule has 5 nitrogen and oxygen atoms in total. The summed E-state index contributed by atoms with van der Waals surface area (Å²) in [5, 5.41) is 11.1. The van der Waals surface area contributed by atoms with Crippen molar-refractivity contribution < 1.29 is 22.7 Å². The summed E-state index contributed by atoms with van der Waals surface area (Å²) < 4.78 is 41.3. The number of aliphatic hydroxyl groups is 1. The summed E-state index contributed by atoms with van der Waals surface area (Å²) in [7, 11) is 0. The lowest BCUT2D eigenvalue weighted by Gasteiger charge is -2.13. The Kier molecular flexibility index (Phi) is 3.04. The third-order valence-corrected chi connectivity index (χ3v) is 2.24. The maximum atomic E-state index is 12.1. The van der Waals surface area contributed by atoms with Crippen LogP contribution in [0.25, 0.3) is 11.1 Å². The minimum atomic E-state index is -4.68. The monoisotopic (exact) mass is 261 g/mol. The lowest BCUT2D eigenvalue weighted by Crippen LogP contribution is -2.35. The van der Waals surface area contributed by atoms with E-state index in [0.717, 1.165) is 0 Å². The summed E-state index contributed by atoms with van der Waals surface area (Å²) in [4.78, 5) is 3.90. The summed E-state index contributed by atoms with van der Waals surface area (Å²) in [6.07, 6.45) is -7.15. The molecule has 1 aromatic heterocycles. The van der Waals surface area contributed by atoms with Crippen LogP contribution in [0.5, 0.6) is 0 Å². The molecular weight excluding hydrogens is 251 g/mol. The van der Waals surface area contributed by atoms with Gasteiger partial charge in [-0.3, -0.25) is 0 Å². The Morgan fingerprint density at radius 3 is 2.83 bits per heavy atom. The quantitative estimate of drug-likeness (QED) is 0.733. The number of rotatable bonds is 3. The average Bonchev–Trinajstić information content (AvgIpc) is 2.66. The Hall–Kier alpha value is -1.96. The van der Waals surface area contributed by atoms with E-state index in [0.29, 0.717) is 16.8 Å². The Labute approximate surface area is 99.4 Å². The first-order valence-electron chi connectivity index (χ1n) is 5.01. The minimum Gasteiger partial charge on any atom is -0.423 e. The van der Waals surface area contributed by atoms with Gasteiger partial charge in [0.2, 0.25) is 0 Å². The van der Waals surface area contributed by atoms with Crippen LogP contribution in [0.2, 0.25) is 0 Å². The highest BCUT2D eigenvalue weighted by atomic mass is 19.4. The van der Waals surface area contributed by atoms with Gasteiger partial charge >= 0.3 is 6.18 Å². The first-order valence-corrected chi connectivity index (χ1v) is 5.01. The van der Waals surface area contributed by atoms with Crippen LogP contribution in [-0.2, 0) is 0 Å². The second-order valence-corrected chi connectivity index (χ2v) is 3.68. The number of oxazole rings is 1. The molecule has 0 saturated carbocycles. The molecule has 2 rings (SSSR count). The predicted molar refractivity (Wildman–Crippen MR) is 59.0 cm³/mol. The van der Waals surface area contributed by atoms with E-state index >= 15 is 0 Å². The first-order chi connectivity index (χ1) is 8.36. The van der Waals surface area contributed by atoms with E-state index < -0.39 is 18.8 Å². The summed E-state index contributed by atoms with van der Waals surface area (Å²) in [5.74, 6) is 0. The van der Waals surface area contributed by atoms with Crippen molar-refractivity contribution in [2.24, 2.45) is 0 Å². The lowest BCUT2D eigenvalue weighted by molar-refractivity contribution is -0.198. The average molecular weight is 261 g/mol. The number of anilines is 2. The number of aromatic nitrogens is 1. The standard InChI is InChI=1S/C10H10F3N3O2/c11-10(12,13)8(17)4-15-9-16-6-2-1-5(14)3-7(6)18-9/h1-3,8,17H,4,14H2,(H,15,16). The van der Waals surface area contributed by atoms with E-state index in [1.54, 1.807) is 12.1 Å². The van der Waals surface area contributed by atoms with E-state index in [1.807, 2.05) is 0 Å². The zero-order chi connectivity index (χ0) is 13.3. The minimum absolute atomic E-state index is 0.0982. The number of nitrogens with zero attached hydrogens (tertiary/aromatic N) is 1. The molecule has 1 aromatic carbocycles. The first kappa shape index (κ1) is 12.5. The number of alkyl halides is 3. The summed E-state index contributed by atoms with van der Waals surface area (Å²) in [6, 6.07) is 4.59. The van der Waals surface area contributed by atoms with E-state index in [9.17, 15) is 13.2 Å². The number of fused-ring (bicyclic) bond motifs is 1. The molecule has 4 N–H and O–H groups in total. The molecule has 0 bridgehead atoms. The van der Waals surface area contributed by atoms with Gasteiger partial charge in [-0.05, 0) is 12.1 Å². The Morgan fingerprint density at radius 2 is 2.17 bits per heavy atom. The number of halogens is 3. The number of nitrogens with one attached hydrogen (secondary N) is 1. The van der Waals surface area contributed by atoms with Gasteiger partial charge < -0.3 is 20.6 Å². The molecular formula is C10H10F3N3O2. The molecule has 0 amide bonds. The van der Waals surface area contributed by atoms with Gasteiger partial charge in [-0.25, -0.2) is 0 Å². The van der Waals surface area contributed by atoms with E-state index in [2.05, 4.69) is 10.3 Å². The van der Waals surface area contributed by atoms with Crippen LogP contribution in [-0.4, -0.2) is 28.9 Å². The SMILES string of the molecule is Nc1ccc2nc(NCC(O)C(F)(F)F)oc2c1. The van der Waals surface area contributed by atoms with Crippen LogP contribution >= 0.6 is 0 Å². The molecule has 0 spiro atoms. The van der Waals surface area contributed by atoms with E-state index in [4.69, 9.17) is 15.3 Å². The van der Waals surface area contributed by atoms with Gasteiger partial charge in [-0.1, -0.05) is 0 Å². The van der Waals surface area contributed by atoms with Crippen molar-refractivity contribution in [1.82, 2.24) is 4.98 Å². The predicted octanol–water partition coefficient (Wildman–Crippen LogP) is 1.75. The highest BCUT2D eigenvalue weighted by Crippen LogP contribution is 2.23.